The smallest absolute Gasteiger partial charge is 0.257 e. The monoisotopic (exact) mass is 481 g/mol. The van der Waals surface area contributed by atoms with E-state index in [0.29, 0.717) is 11.0 Å². The Morgan fingerprint density at radius 1 is 1.09 bits per heavy atom. The van der Waals surface area contributed by atoms with Gasteiger partial charge in [-0.1, -0.05) is 31.3 Å². The van der Waals surface area contributed by atoms with E-state index >= 15 is 0 Å². The second-order valence-electron chi connectivity index (χ2n) is 7.60. The van der Waals surface area contributed by atoms with Crippen molar-refractivity contribution in [3.05, 3.63) is 53.6 Å². The second-order valence-corrected chi connectivity index (χ2v) is 10.6. The number of carbonyl (C=O) groups excluding carboxylic acids is 1. The van der Waals surface area contributed by atoms with E-state index < -0.39 is 15.9 Å². The fraction of sp³-hybridized carbons (Fsp3) is 0.304. The van der Waals surface area contributed by atoms with Crippen LogP contribution in [0.25, 0.3) is 10.2 Å². The van der Waals surface area contributed by atoms with E-state index in [-0.39, 0.29) is 36.4 Å². The quantitative estimate of drug-likeness (QED) is 0.480. The summed E-state index contributed by atoms with van der Waals surface area (Å²) in [5.74, 6) is -0.00651. The molecule has 33 heavy (non-hydrogen) atoms. The van der Waals surface area contributed by atoms with Gasteiger partial charge in [0.2, 0.25) is 10.0 Å². The summed E-state index contributed by atoms with van der Waals surface area (Å²) in [7, 11) is -3.89. The van der Waals surface area contributed by atoms with Gasteiger partial charge in [0.25, 0.3) is 5.91 Å². The van der Waals surface area contributed by atoms with E-state index in [0.717, 1.165) is 14.5 Å². The third-order valence-corrected chi connectivity index (χ3v) is 7.85. The minimum absolute atomic E-state index is 0.00111. The average molecular weight is 482 g/mol. The van der Waals surface area contributed by atoms with Crippen LogP contribution >= 0.6 is 11.3 Å². The number of hydrogen-bond acceptors (Lipinski definition) is 7. The lowest BCUT2D eigenvalue weighted by Crippen LogP contribution is -2.32. The molecule has 0 unspecified atom stereocenters. The molecule has 3 aromatic rings. The average Bonchev–Trinajstić information content (AvgIpc) is 3.20. The zero-order chi connectivity index (χ0) is 24.0. The summed E-state index contributed by atoms with van der Waals surface area (Å²) in [6.45, 7) is 4.22. The number of nitriles is 2. The first-order valence-corrected chi connectivity index (χ1v) is 12.6. The molecule has 10 heteroatoms. The van der Waals surface area contributed by atoms with E-state index in [1.54, 1.807) is 0 Å². The first-order chi connectivity index (χ1) is 15.8. The lowest BCUT2D eigenvalue weighted by atomic mass is 10.0. The van der Waals surface area contributed by atoms with E-state index in [9.17, 15) is 13.2 Å². The second kappa shape index (κ2) is 10.5. The third kappa shape index (κ3) is 5.74. The molecule has 0 aliphatic rings. The van der Waals surface area contributed by atoms with Crippen molar-refractivity contribution in [1.82, 2.24) is 9.29 Å². The van der Waals surface area contributed by atoms with Crippen molar-refractivity contribution < 1.29 is 13.2 Å². The van der Waals surface area contributed by atoms with Gasteiger partial charge in [-0.25, -0.2) is 13.4 Å². The molecule has 1 heterocycles. The maximum absolute atomic E-state index is 12.9. The summed E-state index contributed by atoms with van der Waals surface area (Å²) in [6.07, 6.45) is 0.0396. The van der Waals surface area contributed by atoms with Gasteiger partial charge < -0.3 is 0 Å². The Labute approximate surface area is 197 Å². The minimum atomic E-state index is -3.89. The number of nitrogens with one attached hydrogen (secondary N) is 1. The summed E-state index contributed by atoms with van der Waals surface area (Å²) in [5, 5.41) is 20.8. The van der Waals surface area contributed by atoms with Gasteiger partial charge in [0.1, 0.15) is 0 Å². The van der Waals surface area contributed by atoms with E-state index in [4.69, 9.17) is 10.5 Å². The molecule has 0 fully saturated rings. The van der Waals surface area contributed by atoms with Gasteiger partial charge in [0, 0.05) is 31.5 Å². The molecule has 0 bridgehead atoms. The fourth-order valence-electron chi connectivity index (χ4n) is 3.15. The Hall–Kier alpha value is -3.31. The van der Waals surface area contributed by atoms with Crippen LogP contribution in [-0.2, 0) is 10.0 Å². The molecular formula is C23H23N5O3S2. The van der Waals surface area contributed by atoms with Crippen LogP contribution in [0.1, 0.15) is 48.5 Å². The zero-order valence-electron chi connectivity index (χ0n) is 18.3. The van der Waals surface area contributed by atoms with E-state index in [2.05, 4.69) is 30.2 Å². The predicted octanol–water partition coefficient (Wildman–Crippen LogP) is 4.49. The van der Waals surface area contributed by atoms with Gasteiger partial charge in [-0.15, -0.1) is 0 Å². The Kier molecular flexibility index (Phi) is 7.77. The van der Waals surface area contributed by atoms with Crippen LogP contribution < -0.4 is 5.32 Å². The Balaban J connectivity index is 1.76. The molecule has 0 radical (unpaired) electrons. The van der Waals surface area contributed by atoms with Crippen molar-refractivity contribution >= 4 is 42.6 Å². The van der Waals surface area contributed by atoms with Gasteiger partial charge in [-0.05, 0) is 47.9 Å². The molecule has 1 amide bonds. The SMILES string of the molecule is CC(C)c1ccc2nc(NC(=O)c3ccc(S(=O)(=O)N(CCC#N)CCC#N)cc3)sc2c1. The summed E-state index contributed by atoms with van der Waals surface area (Å²) in [5.41, 5.74) is 2.28. The molecule has 1 N–H and O–H groups in total. The molecule has 170 valence electrons. The lowest BCUT2D eigenvalue weighted by Gasteiger charge is -2.20. The number of aromatic nitrogens is 1. The largest absolute Gasteiger partial charge is 0.298 e. The molecule has 0 aliphatic heterocycles. The maximum atomic E-state index is 12.9. The van der Waals surface area contributed by atoms with Crippen LogP contribution in [0.5, 0.6) is 0 Å². The first-order valence-electron chi connectivity index (χ1n) is 10.3. The third-order valence-electron chi connectivity index (χ3n) is 5.00. The number of thiazole rings is 1. The van der Waals surface area contributed by atoms with Crippen LogP contribution in [0.3, 0.4) is 0 Å². The van der Waals surface area contributed by atoms with Crippen LogP contribution in [0.15, 0.2) is 47.4 Å². The van der Waals surface area contributed by atoms with Gasteiger partial charge in [0.05, 0.1) is 27.3 Å². The highest BCUT2D eigenvalue weighted by Crippen LogP contribution is 2.29. The molecule has 0 atom stereocenters. The summed E-state index contributed by atoms with van der Waals surface area (Å²) in [4.78, 5) is 17.1. The normalized spacial score (nSPS) is 11.5. The highest BCUT2D eigenvalue weighted by molar-refractivity contribution is 7.89. The highest BCUT2D eigenvalue weighted by Gasteiger charge is 2.24. The van der Waals surface area contributed by atoms with Crippen molar-refractivity contribution in [3.8, 4) is 12.1 Å². The Morgan fingerprint density at radius 3 is 2.30 bits per heavy atom. The van der Waals surface area contributed by atoms with Crippen molar-refractivity contribution in [1.29, 1.82) is 10.5 Å². The summed E-state index contributed by atoms with van der Waals surface area (Å²) in [6, 6.07) is 15.4. The maximum Gasteiger partial charge on any atom is 0.257 e. The molecule has 0 saturated carbocycles. The number of hydrogen-bond donors (Lipinski definition) is 1. The standard InChI is InChI=1S/C23H23N5O3S2/c1-16(2)18-7-10-20-21(15-18)32-23(26-20)27-22(29)17-5-8-19(9-6-17)33(30,31)28(13-3-11-24)14-4-12-25/h5-10,15-16H,3-4,13-14H2,1-2H3,(H,26,27,29). The minimum Gasteiger partial charge on any atom is -0.298 e. The van der Waals surface area contributed by atoms with Gasteiger partial charge >= 0.3 is 0 Å². The Bertz CT molecular complexity index is 1320. The Morgan fingerprint density at radius 2 is 1.73 bits per heavy atom. The van der Waals surface area contributed by atoms with Crippen molar-refractivity contribution in [3.63, 3.8) is 0 Å². The number of amides is 1. The molecular weight excluding hydrogens is 458 g/mol. The van der Waals surface area contributed by atoms with Gasteiger partial charge in [-0.3, -0.25) is 10.1 Å². The molecule has 2 aromatic carbocycles. The van der Waals surface area contributed by atoms with Crippen molar-refractivity contribution in [2.24, 2.45) is 0 Å². The van der Waals surface area contributed by atoms with Gasteiger partial charge in [0.15, 0.2) is 5.13 Å². The fourth-order valence-corrected chi connectivity index (χ4v) is 5.50. The number of carbonyl (C=O) groups is 1. The first kappa shape index (κ1) is 24.3. The van der Waals surface area contributed by atoms with Crippen molar-refractivity contribution in [2.45, 2.75) is 37.5 Å². The van der Waals surface area contributed by atoms with Crippen LogP contribution in [0, 0.1) is 22.7 Å². The molecule has 0 saturated heterocycles. The van der Waals surface area contributed by atoms with Crippen LogP contribution in [0.4, 0.5) is 5.13 Å². The van der Waals surface area contributed by atoms with Crippen LogP contribution in [-0.4, -0.2) is 36.7 Å². The molecule has 0 spiro atoms. The lowest BCUT2D eigenvalue weighted by molar-refractivity contribution is 0.102. The zero-order valence-corrected chi connectivity index (χ0v) is 19.9. The summed E-state index contributed by atoms with van der Waals surface area (Å²) >= 11 is 1.38. The summed E-state index contributed by atoms with van der Waals surface area (Å²) < 4.78 is 27.9. The number of anilines is 1. The van der Waals surface area contributed by atoms with E-state index in [1.807, 2.05) is 24.3 Å². The van der Waals surface area contributed by atoms with Crippen molar-refractivity contribution in [2.75, 3.05) is 18.4 Å². The van der Waals surface area contributed by atoms with Gasteiger partial charge in [-0.2, -0.15) is 14.8 Å². The molecule has 0 aliphatic carbocycles. The number of benzene rings is 2. The number of fused-ring (bicyclic) bond motifs is 1. The van der Waals surface area contributed by atoms with E-state index in [1.165, 1.54) is 41.2 Å². The highest BCUT2D eigenvalue weighted by atomic mass is 32.2. The number of sulfonamides is 1. The van der Waals surface area contributed by atoms with Crippen LogP contribution in [0.2, 0.25) is 0 Å². The topological polar surface area (TPSA) is 127 Å². The molecule has 3 rings (SSSR count). The number of rotatable bonds is 9. The predicted molar refractivity (Wildman–Crippen MR) is 127 cm³/mol. The molecule has 8 nitrogen and oxygen atoms in total. The molecule has 1 aromatic heterocycles. The number of nitrogens with zero attached hydrogens (tertiary/aromatic N) is 4.